The van der Waals surface area contributed by atoms with E-state index in [0.29, 0.717) is 12.4 Å². The molecule has 0 aliphatic carbocycles. The van der Waals surface area contributed by atoms with Crippen LogP contribution < -0.4 is 9.80 Å². The summed E-state index contributed by atoms with van der Waals surface area (Å²) in [5.74, 6) is 2.74. The highest BCUT2D eigenvalue weighted by Crippen LogP contribution is 2.24. The number of piperazine rings is 1. The quantitative estimate of drug-likeness (QED) is 0.637. The summed E-state index contributed by atoms with van der Waals surface area (Å²) < 4.78 is 1.68. The van der Waals surface area contributed by atoms with E-state index < -0.39 is 0 Å². The zero-order chi connectivity index (χ0) is 21.0. The van der Waals surface area contributed by atoms with Gasteiger partial charge < -0.3 is 14.7 Å². The third-order valence-corrected chi connectivity index (χ3v) is 6.03. The zero-order valence-electron chi connectivity index (χ0n) is 17.4. The maximum atomic E-state index is 13.2. The van der Waals surface area contributed by atoms with Crippen molar-refractivity contribution in [3.8, 4) is 5.82 Å². The molecule has 0 bridgehead atoms. The average molecular weight is 419 g/mol. The molecule has 0 spiro atoms. The van der Waals surface area contributed by atoms with Crippen LogP contribution in [0.15, 0.2) is 55.0 Å². The lowest BCUT2D eigenvalue weighted by Crippen LogP contribution is -2.52. The van der Waals surface area contributed by atoms with E-state index in [9.17, 15) is 4.79 Å². The SMILES string of the molecule is O=C(C1CCCN(c2ccc(-n3cccn3)nn2)C1)N1CCN(c2ccccn2)CC1. The van der Waals surface area contributed by atoms with Gasteiger partial charge >= 0.3 is 0 Å². The van der Waals surface area contributed by atoms with Gasteiger partial charge in [0.15, 0.2) is 11.6 Å². The van der Waals surface area contributed by atoms with Gasteiger partial charge in [0.2, 0.25) is 5.91 Å². The number of anilines is 2. The molecule has 2 aliphatic rings. The molecule has 1 unspecified atom stereocenters. The number of amides is 1. The molecule has 0 saturated carbocycles. The van der Waals surface area contributed by atoms with Crippen molar-refractivity contribution in [3.05, 3.63) is 55.0 Å². The van der Waals surface area contributed by atoms with Gasteiger partial charge in [-0.3, -0.25) is 4.79 Å². The Morgan fingerprint density at radius 3 is 2.39 bits per heavy atom. The molecule has 9 nitrogen and oxygen atoms in total. The van der Waals surface area contributed by atoms with Crippen molar-refractivity contribution in [2.75, 3.05) is 49.1 Å². The maximum absolute atomic E-state index is 13.2. The fourth-order valence-electron chi connectivity index (χ4n) is 4.36. The first-order chi connectivity index (χ1) is 15.3. The van der Waals surface area contributed by atoms with Crippen molar-refractivity contribution >= 4 is 17.5 Å². The Bertz CT molecular complexity index is 984. The molecule has 2 fully saturated rings. The lowest BCUT2D eigenvalue weighted by atomic mass is 9.96. The number of pyridine rings is 1. The van der Waals surface area contributed by atoms with Crippen molar-refractivity contribution in [2.24, 2.45) is 5.92 Å². The van der Waals surface area contributed by atoms with Gasteiger partial charge in [0.1, 0.15) is 5.82 Å². The van der Waals surface area contributed by atoms with Crippen LogP contribution in [-0.4, -0.2) is 75.0 Å². The second-order valence-corrected chi connectivity index (χ2v) is 7.99. The molecule has 0 radical (unpaired) electrons. The van der Waals surface area contributed by atoms with Gasteiger partial charge in [-0.2, -0.15) is 5.10 Å². The normalized spacial score (nSPS) is 19.5. The molecule has 2 saturated heterocycles. The van der Waals surface area contributed by atoms with Crippen LogP contribution >= 0.6 is 0 Å². The highest BCUT2D eigenvalue weighted by atomic mass is 16.2. The number of rotatable bonds is 4. The topological polar surface area (TPSA) is 83.3 Å². The monoisotopic (exact) mass is 418 g/mol. The molecule has 0 aromatic carbocycles. The second kappa shape index (κ2) is 8.71. The summed E-state index contributed by atoms with van der Waals surface area (Å²) in [5, 5.41) is 12.9. The summed E-state index contributed by atoms with van der Waals surface area (Å²) in [5.41, 5.74) is 0. The van der Waals surface area contributed by atoms with E-state index in [1.807, 2.05) is 53.7 Å². The minimum Gasteiger partial charge on any atom is -0.354 e. The van der Waals surface area contributed by atoms with Crippen LogP contribution in [0.25, 0.3) is 5.82 Å². The van der Waals surface area contributed by atoms with Crippen molar-refractivity contribution in [3.63, 3.8) is 0 Å². The van der Waals surface area contributed by atoms with E-state index in [2.05, 4.69) is 30.1 Å². The van der Waals surface area contributed by atoms with Crippen LogP contribution in [0.3, 0.4) is 0 Å². The number of nitrogens with zero attached hydrogens (tertiary/aromatic N) is 8. The van der Waals surface area contributed by atoms with Crippen LogP contribution in [0.2, 0.25) is 0 Å². The van der Waals surface area contributed by atoms with Crippen LogP contribution in [0.5, 0.6) is 0 Å². The summed E-state index contributed by atoms with van der Waals surface area (Å²) in [4.78, 5) is 24.1. The zero-order valence-corrected chi connectivity index (χ0v) is 17.4. The first-order valence-corrected chi connectivity index (χ1v) is 10.8. The molecular weight excluding hydrogens is 392 g/mol. The van der Waals surface area contributed by atoms with E-state index in [1.165, 1.54) is 0 Å². The molecule has 5 rings (SSSR count). The Morgan fingerprint density at radius 2 is 1.68 bits per heavy atom. The van der Waals surface area contributed by atoms with Crippen LogP contribution in [0.1, 0.15) is 12.8 Å². The molecule has 0 N–H and O–H groups in total. The predicted molar refractivity (Wildman–Crippen MR) is 117 cm³/mol. The van der Waals surface area contributed by atoms with Crippen molar-refractivity contribution in [2.45, 2.75) is 12.8 Å². The molecule has 3 aromatic heterocycles. The van der Waals surface area contributed by atoms with E-state index in [4.69, 9.17) is 0 Å². The molecule has 31 heavy (non-hydrogen) atoms. The van der Waals surface area contributed by atoms with Crippen molar-refractivity contribution < 1.29 is 4.79 Å². The molecular formula is C22H26N8O. The van der Waals surface area contributed by atoms with Crippen molar-refractivity contribution in [1.29, 1.82) is 0 Å². The van der Waals surface area contributed by atoms with E-state index in [0.717, 1.165) is 57.2 Å². The molecule has 9 heteroatoms. The smallest absolute Gasteiger partial charge is 0.227 e. The van der Waals surface area contributed by atoms with E-state index in [-0.39, 0.29) is 11.8 Å². The Kier molecular flexibility index (Phi) is 5.47. The maximum Gasteiger partial charge on any atom is 0.227 e. The number of aromatic nitrogens is 5. The minimum absolute atomic E-state index is 0.00254. The summed E-state index contributed by atoms with van der Waals surface area (Å²) >= 11 is 0. The summed E-state index contributed by atoms with van der Waals surface area (Å²) in [6.45, 7) is 4.70. The second-order valence-electron chi connectivity index (χ2n) is 7.99. The molecule has 1 amide bonds. The van der Waals surface area contributed by atoms with Gasteiger partial charge in [-0.05, 0) is 43.2 Å². The van der Waals surface area contributed by atoms with Gasteiger partial charge in [0, 0.05) is 57.9 Å². The van der Waals surface area contributed by atoms with Gasteiger partial charge in [-0.25, -0.2) is 9.67 Å². The predicted octanol–water partition coefficient (Wildman–Crippen LogP) is 1.62. The first-order valence-electron chi connectivity index (χ1n) is 10.8. The summed E-state index contributed by atoms with van der Waals surface area (Å²) in [6, 6.07) is 11.7. The molecule has 2 aliphatic heterocycles. The average Bonchev–Trinajstić information content (AvgIpc) is 3.40. The van der Waals surface area contributed by atoms with E-state index >= 15 is 0 Å². The van der Waals surface area contributed by atoms with Crippen LogP contribution in [0.4, 0.5) is 11.6 Å². The minimum atomic E-state index is 0.00254. The fraction of sp³-hybridized carbons (Fsp3) is 0.409. The number of hydrogen-bond donors (Lipinski definition) is 0. The van der Waals surface area contributed by atoms with Gasteiger partial charge in [0.05, 0.1) is 5.92 Å². The molecule has 5 heterocycles. The van der Waals surface area contributed by atoms with Crippen LogP contribution in [0, 0.1) is 5.92 Å². The standard InChI is InChI=1S/C22H26N8O/c31-22(28-15-13-27(14-16-28)19-6-1-2-9-23-19)18-5-3-11-29(17-18)20-7-8-21(26-25-20)30-12-4-10-24-30/h1-2,4,6-10,12,18H,3,5,11,13-17H2. The van der Waals surface area contributed by atoms with Gasteiger partial charge in [0.25, 0.3) is 0 Å². The lowest BCUT2D eigenvalue weighted by molar-refractivity contribution is -0.136. The van der Waals surface area contributed by atoms with Crippen LogP contribution in [-0.2, 0) is 4.79 Å². The van der Waals surface area contributed by atoms with Gasteiger partial charge in [-0.15, -0.1) is 10.2 Å². The summed E-state index contributed by atoms with van der Waals surface area (Å²) in [7, 11) is 0. The lowest BCUT2D eigenvalue weighted by Gasteiger charge is -2.39. The van der Waals surface area contributed by atoms with Gasteiger partial charge in [-0.1, -0.05) is 6.07 Å². The third-order valence-electron chi connectivity index (χ3n) is 6.03. The number of hydrogen-bond acceptors (Lipinski definition) is 7. The fourth-order valence-corrected chi connectivity index (χ4v) is 4.36. The highest BCUT2D eigenvalue weighted by Gasteiger charge is 2.31. The Balaban J connectivity index is 1.19. The molecule has 160 valence electrons. The Hall–Kier alpha value is -3.49. The number of piperidine rings is 1. The Morgan fingerprint density at radius 1 is 0.839 bits per heavy atom. The van der Waals surface area contributed by atoms with Crippen molar-refractivity contribution in [1.82, 2.24) is 29.9 Å². The third kappa shape index (κ3) is 4.21. The molecule has 3 aromatic rings. The largest absolute Gasteiger partial charge is 0.354 e. The molecule has 1 atom stereocenters. The van der Waals surface area contributed by atoms with E-state index in [1.54, 1.807) is 10.9 Å². The number of carbonyl (C=O) groups is 1. The number of carbonyl (C=O) groups excluding carboxylic acids is 1. The Labute approximate surface area is 181 Å². The summed E-state index contributed by atoms with van der Waals surface area (Å²) in [6.07, 6.45) is 7.27. The first kappa shape index (κ1) is 19.5. The highest BCUT2D eigenvalue weighted by molar-refractivity contribution is 5.80.